The highest BCUT2D eigenvalue weighted by atomic mass is 16.1. The Kier molecular flexibility index (Phi) is 3.98. The van der Waals surface area contributed by atoms with E-state index in [-0.39, 0.29) is 5.78 Å². The molecule has 5 rings (SSSR count). The van der Waals surface area contributed by atoms with E-state index in [4.69, 9.17) is 0 Å². The molecule has 1 aromatic heterocycles. The second-order valence-corrected chi connectivity index (χ2v) is 7.83. The lowest BCUT2D eigenvalue weighted by Crippen LogP contribution is -2.32. The lowest BCUT2D eigenvalue weighted by molar-refractivity contribution is 0.103. The van der Waals surface area contributed by atoms with Crippen molar-refractivity contribution in [3.05, 3.63) is 77.0 Å². The van der Waals surface area contributed by atoms with Gasteiger partial charge in [-0.05, 0) is 62.1 Å². The zero-order valence-corrected chi connectivity index (χ0v) is 15.7. The number of nitrogens with zero attached hydrogens (tertiary/aromatic N) is 1. The van der Waals surface area contributed by atoms with E-state index in [1.807, 2.05) is 43.3 Å². The third-order valence-electron chi connectivity index (χ3n) is 6.21. The number of hydrogen-bond acceptors (Lipinski definition) is 2. The van der Waals surface area contributed by atoms with Crippen LogP contribution in [0, 0.1) is 6.92 Å². The van der Waals surface area contributed by atoms with Crippen molar-refractivity contribution in [2.45, 2.75) is 32.2 Å². The van der Waals surface area contributed by atoms with Crippen LogP contribution in [0.4, 0.5) is 0 Å². The number of aromatic nitrogens is 1. The van der Waals surface area contributed by atoms with E-state index in [0.29, 0.717) is 6.04 Å². The second-order valence-electron chi connectivity index (χ2n) is 7.83. The van der Waals surface area contributed by atoms with E-state index in [0.717, 1.165) is 40.6 Å². The van der Waals surface area contributed by atoms with Gasteiger partial charge in [-0.3, -0.25) is 9.69 Å². The summed E-state index contributed by atoms with van der Waals surface area (Å²) in [6.07, 6.45) is 8.22. The van der Waals surface area contributed by atoms with E-state index in [9.17, 15) is 4.79 Å². The van der Waals surface area contributed by atoms with Gasteiger partial charge in [0.05, 0.1) is 0 Å². The molecule has 3 nitrogen and oxygen atoms in total. The van der Waals surface area contributed by atoms with Crippen LogP contribution in [0.3, 0.4) is 0 Å². The molecular weight excluding hydrogens is 332 g/mol. The summed E-state index contributed by atoms with van der Waals surface area (Å²) in [5, 5.41) is 1.16. The van der Waals surface area contributed by atoms with E-state index in [1.54, 1.807) is 0 Å². The monoisotopic (exact) mass is 356 g/mol. The molecule has 0 amide bonds. The Morgan fingerprint density at radius 1 is 1.19 bits per heavy atom. The van der Waals surface area contributed by atoms with Gasteiger partial charge in [-0.1, -0.05) is 30.3 Å². The maximum atomic E-state index is 13.0. The normalized spacial score (nSPS) is 19.9. The Balaban J connectivity index is 1.53. The van der Waals surface area contributed by atoms with Crippen LogP contribution in [0.25, 0.3) is 16.5 Å². The summed E-state index contributed by atoms with van der Waals surface area (Å²) in [5.74, 6) is 0.0988. The van der Waals surface area contributed by atoms with Gasteiger partial charge >= 0.3 is 0 Å². The number of benzene rings is 2. The topological polar surface area (TPSA) is 36.1 Å². The summed E-state index contributed by atoms with van der Waals surface area (Å²) in [6.45, 7) is 4.28. The number of hydrogen-bond donors (Lipinski definition) is 1. The van der Waals surface area contributed by atoms with E-state index in [2.05, 4.69) is 28.2 Å². The summed E-state index contributed by atoms with van der Waals surface area (Å²) in [7, 11) is 0. The molecule has 3 aromatic rings. The van der Waals surface area contributed by atoms with Gasteiger partial charge in [-0.25, -0.2) is 0 Å². The van der Waals surface area contributed by atoms with Gasteiger partial charge in [0.1, 0.15) is 0 Å². The van der Waals surface area contributed by atoms with Crippen molar-refractivity contribution in [3.8, 4) is 0 Å². The predicted octanol–water partition coefficient (Wildman–Crippen LogP) is 4.96. The summed E-state index contributed by atoms with van der Waals surface area (Å²) >= 11 is 0. The number of aryl methyl sites for hydroxylation is 1. The van der Waals surface area contributed by atoms with Gasteiger partial charge in [0.15, 0.2) is 5.78 Å². The van der Waals surface area contributed by atoms with Crippen LogP contribution in [-0.4, -0.2) is 34.8 Å². The second kappa shape index (κ2) is 6.50. The first-order valence-electron chi connectivity index (χ1n) is 9.85. The van der Waals surface area contributed by atoms with Crippen LogP contribution in [0.15, 0.2) is 54.7 Å². The van der Waals surface area contributed by atoms with Crippen molar-refractivity contribution in [2.75, 3.05) is 13.1 Å². The minimum absolute atomic E-state index is 0.0988. The van der Waals surface area contributed by atoms with Gasteiger partial charge in [0.25, 0.3) is 0 Å². The molecule has 0 aliphatic carbocycles. The molecule has 2 aliphatic rings. The lowest BCUT2D eigenvalue weighted by Gasteiger charge is -2.29. The van der Waals surface area contributed by atoms with Crippen molar-refractivity contribution in [2.24, 2.45) is 0 Å². The molecule has 1 unspecified atom stereocenters. The number of ketones is 1. The highest BCUT2D eigenvalue weighted by Gasteiger charge is 2.28. The first-order chi connectivity index (χ1) is 13.2. The summed E-state index contributed by atoms with van der Waals surface area (Å²) in [4.78, 5) is 19.0. The number of rotatable bonds is 3. The summed E-state index contributed by atoms with van der Waals surface area (Å²) in [5.41, 5.74) is 6.35. The molecule has 136 valence electrons. The number of fused-ring (bicyclic) bond motifs is 2. The lowest BCUT2D eigenvalue weighted by atomic mass is 9.92. The Hall–Kier alpha value is -2.65. The Labute approximate surface area is 159 Å². The third-order valence-corrected chi connectivity index (χ3v) is 6.21. The fourth-order valence-corrected chi connectivity index (χ4v) is 4.66. The molecule has 27 heavy (non-hydrogen) atoms. The number of aromatic amines is 1. The maximum absolute atomic E-state index is 13.0. The predicted molar refractivity (Wildman–Crippen MR) is 110 cm³/mol. The fraction of sp³-hybridized carbons (Fsp3) is 0.292. The zero-order chi connectivity index (χ0) is 18.4. The number of nitrogens with one attached hydrogen (secondary N) is 1. The van der Waals surface area contributed by atoms with Crippen molar-refractivity contribution in [3.63, 3.8) is 0 Å². The minimum Gasteiger partial charge on any atom is -0.361 e. The van der Waals surface area contributed by atoms with Crippen LogP contribution in [0.1, 0.15) is 46.3 Å². The van der Waals surface area contributed by atoms with Gasteiger partial charge in [0, 0.05) is 46.4 Å². The van der Waals surface area contributed by atoms with Gasteiger partial charge < -0.3 is 4.98 Å². The van der Waals surface area contributed by atoms with Crippen LogP contribution >= 0.6 is 0 Å². The van der Waals surface area contributed by atoms with Crippen molar-refractivity contribution < 1.29 is 4.79 Å². The van der Waals surface area contributed by atoms with Crippen LogP contribution in [0.5, 0.6) is 0 Å². The quantitative estimate of drug-likeness (QED) is 0.674. The Bertz CT molecular complexity index is 1060. The standard InChI is InChI=1S/C24H24N2O/c1-16-5-2-3-7-20(16)24(27)18-8-9-23-21(14-18)22(15-25-23)17-10-12-26-11-4-6-19(26)13-17/h2-3,5,7-10,14-15,19,25H,4,6,11-13H2,1H3. The molecule has 3 heteroatoms. The number of carbonyl (C=O) groups is 1. The van der Waals surface area contributed by atoms with E-state index >= 15 is 0 Å². The summed E-state index contributed by atoms with van der Waals surface area (Å²) in [6, 6.07) is 14.5. The smallest absolute Gasteiger partial charge is 0.193 e. The number of carbonyl (C=O) groups excluding carboxylic acids is 1. The molecule has 0 spiro atoms. The van der Waals surface area contributed by atoms with Gasteiger partial charge in [0.2, 0.25) is 0 Å². The molecule has 1 atom stereocenters. The molecule has 1 N–H and O–H groups in total. The van der Waals surface area contributed by atoms with Crippen molar-refractivity contribution >= 4 is 22.3 Å². The molecule has 1 fully saturated rings. The Morgan fingerprint density at radius 2 is 2.07 bits per heavy atom. The van der Waals surface area contributed by atoms with E-state index < -0.39 is 0 Å². The summed E-state index contributed by atoms with van der Waals surface area (Å²) < 4.78 is 0. The molecule has 0 radical (unpaired) electrons. The highest BCUT2D eigenvalue weighted by Crippen LogP contribution is 2.35. The average molecular weight is 356 g/mol. The SMILES string of the molecule is Cc1ccccc1C(=O)c1ccc2[nH]cc(C3=CCN4CCCC4C3)c2c1. The van der Waals surface area contributed by atoms with Crippen molar-refractivity contribution in [1.82, 2.24) is 9.88 Å². The minimum atomic E-state index is 0.0988. The van der Waals surface area contributed by atoms with Crippen molar-refractivity contribution in [1.29, 1.82) is 0 Å². The zero-order valence-electron chi connectivity index (χ0n) is 15.7. The average Bonchev–Trinajstić information content (AvgIpc) is 3.33. The number of H-pyrrole nitrogens is 1. The van der Waals surface area contributed by atoms with E-state index in [1.165, 1.54) is 30.5 Å². The molecular formula is C24H24N2O. The first kappa shape index (κ1) is 16.5. The largest absolute Gasteiger partial charge is 0.361 e. The molecule has 2 aliphatic heterocycles. The van der Waals surface area contributed by atoms with Crippen LogP contribution < -0.4 is 0 Å². The molecule has 1 saturated heterocycles. The molecule has 0 bridgehead atoms. The molecule has 0 saturated carbocycles. The third kappa shape index (κ3) is 2.83. The maximum Gasteiger partial charge on any atom is 0.193 e. The Morgan fingerprint density at radius 3 is 2.96 bits per heavy atom. The molecule has 2 aromatic carbocycles. The van der Waals surface area contributed by atoms with Crippen LogP contribution in [-0.2, 0) is 0 Å². The highest BCUT2D eigenvalue weighted by molar-refractivity contribution is 6.12. The van der Waals surface area contributed by atoms with Gasteiger partial charge in [-0.2, -0.15) is 0 Å². The fourth-order valence-electron chi connectivity index (χ4n) is 4.66. The first-order valence-corrected chi connectivity index (χ1v) is 9.85. The molecule has 3 heterocycles. The van der Waals surface area contributed by atoms with Gasteiger partial charge in [-0.15, -0.1) is 0 Å². The van der Waals surface area contributed by atoms with Crippen LogP contribution in [0.2, 0.25) is 0 Å².